The Morgan fingerprint density at radius 3 is 2.85 bits per heavy atom. The van der Waals surface area contributed by atoms with Gasteiger partial charge in [0, 0.05) is 57.6 Å². The summed E-state index contributed by atoms with van der Waals surface area (Å²) in [5.74, 6) is 1.32. The van der Waals surface area contributed by atoms with Crippen molar-refractivity contribution < 1.29 is 13.2 Å². The lowest BCUT2D eigenvalue weighted by Gasteiger charge is -2.40. The highest BCUT2D eigenvalue weighted by Crippen LogP contribution is 2.36. The summed E-state index contributed by atoms with van der Waals surface area (Å²) in [7, 11) is -3.11. The molecular weight excluding hydrogens is 354 g/mol. The highest BCUT2D eigenvalue weighted by atomic mass is 32.2. The number of likely N-dealkylation sites (tertiary alicyclic amines) is 1. The number of hydrogen-bond acceptors (Lipinski definition) is 4. The van der Waals surface area contributed by atoms with Crippen molar-refractivity contribution in [2.75, 3.05) is 52.1 Å². The zero-order valence-corrected chi connectivity index (χ0v) is 16.6. The standard InChI is InChI=1S/C17H31N5O3S/c1-3-18-16(19-10-14-5-8-22(11-14)26(2,24)25)21-7-4-6-17(13-21)9-15(23)20-12-17/h14H,3-13H2,1-2H3,(H,18,19)(H,20,23). The molecule has 3 aliphatic rings. The Bertz CT molecular complexity index is 665. The van der Waals surface area contributed by atoms with E-state index in [0.29, 0.717) is 26.1 Å². The van der Waals surface area contributed by atoms with Crippen molar-refractivity contribution in [1.82, 2.24) is 19.8 Å². The molecule has 3 fully saturated rings. The molecule has 2 unspecified atom stereocenters. The third kappa shape index (κ3) is 4.49. The molecule has 0 aliphatic carbocycles. The van der Waals surface area contributed by atoms with Gasteiger partial charge in [0.05, 0.1) is 6.26 Å². The van der Waals surface area contributed by atoms with Crippen molar-refractivity contribution >= 4 is 21.9 Å². The van der Waals surface area contributed by atoms with Gasteiger partial charge in [-0.25, -0.2) is 12.7 Å². The van der Waals surface area contributed by atoms with Crippen LogP contribution in [0.2, 0.25) is 0 Å². The molecule has 148 valence electrons. The molecule has 26 heavy (non-hydrogen) atoms. The molecule has 0 aromatic heterocycles. The van der Waals surface area contributed by atoms with Crippen LogP contribution in [0.1, 0.15) is 32.6 Å². The molecule has 0 radical (unpaired) electrons. The summed E-state index contributed by atoms with van der Waals surface area (Å²) in [6, 6.07) is 0. The number of carbonyl (C=O) groups excluding carboxylic acids is 1. The lowest BCUT2D eigenvalue weighted by atomic mass is 9.79. The van der Waals surface area contributed by atoms with E-state index in [4.69, 9.17) is 4.99 Å². The van der Waals surface area contributed by atoms with Crippen molar-refractivity contribution in [3.05, 3.63) is 0 Å². The fraction of sp³-hybridized carbons (Fsp3) is 0.882. The van der Waals surface area contributed by atoms with Gasteiger partial charge < -0.3 is 15.5 Å². The summed E-state index contributed by atoms with van der Waals surface area (Å²) >= 11 is 0. The smallest absolute Gasteiger partial charge is 0.220 e. The first kappa shape index (κ1) is 19.4. The van der Waals surface area contributed by atoms with Gasteiger partial charge in [-0.05, 0) is 32.1 Å². The van der Waals surface area contributed by atoms with Gasteiger partial charge in [0.1, 0.15) is 0 Å². The highest BCUT2D eigenvalue weighted by molar-refractivity contribution is 7.88. The third-order valence-corrected chi connectivity index (χ3v) is 6.98. The van der Waals surface area contributed by atoms with Crippen LogP contribution in [0.25, 0.3) is 0 Å². The van der Waals surface area contributed by atoms with E-state index in [9.17, 15) is 13.2 Å². The summed E-state index contributed by atoms with van der Waals surface area (Å²) in [4.78, 5) is 18.8. The number of nitrogens with zero attached hydrogens (tertiary/aromatic N) is 3. The monoisotopic (exact) mass is 385 g/mol. The molecule has 3 aliphatic heterocycles. The maximum atomic E-state index is 11.7. The van der Waals surface area contributed by atoms with Crippen LogP contribution in [-0.4, -0.2) is 81.6 Å². The predicted molar refractivity (Wildman–Crippen MR) is 101 cm³/mol. The molecule has 1 amide bonds. The number of aliphatic imine (C=N–C) groups is 1. The highest BCUT2D eigenvalue weighted by Gasteiger charge is 2.42. The van der Waals surface area contributed by atoms with E-state index in [1.54, 1.807) is 4.31 Å². The molecule has 9 heteroatoms. The quantitative estimate of drug-likeness (QED) is 0.518. The van der Waals surface area contributed by atoms with Gasteiger partial charge in [0.2, 0.25) is 15.9 Å². The normalized spacial score (nSPS) is 30.8. The molecule has 1 spiro atoms. The molecular formula is C17H31N5O3S. The van der Waals surface area contributed by atoms with Crippen molar-refractivity contribution in [1.29, 1.82) is 0 Å². The topological polar surface area (TPSA) is 94.1 Å². The van der Waals surface area contributed by atoms with E-state index in [0.717, 1.165) is 51.4 Å². The van der Waals surface area contributed by atoms with Crippen molar-refractivity contribution in [3.8, 4) is 0 Å². The van der Waals surface area contributed by atoms with Gasteiger partial charge in [-0.3, -0.25) is 9.79 Å². The van der Waals surface area contributed by atoms with E-state index in [1.165, 1.54) is 6.26 Å². The lowest BCUT2D eigenvalue weighted by molar-refractivity contribution is -0.119. The predicted octanol–water partition coefficient (Wildman–Crippen LogP) is -0.164. The first-order chi connectivity index (χ1) is 12.3. The number of piperidine rings is 1. The number of amides is 1. The van der Waals surface area contributed by atoms with Crippen molar-refractivity contribution in [3.63, 3.8) is 0 Å². The fourth-order valence-electron chi connectivity index (χ4n) is 4.32. The SMILES string of the molecule is CCNC(=NCC1CCN(S(C)(=O)=O)C1)N1CCCC2(CNC(=O)C2)C1. The van der Waals surface area contributed by atoms with Gasteiger partial charge in [-0.15, -0.1) is 0 Å². The zero-order valence-electron chi connectivity index (χ0n) is 15.8. The minimum absolute atomic E-state index is 0.0337. The number of nitrogens with one attached hydrogen (secondary N) is 2. The molecule has 3 rings (SSSR count). The summed E-state index contributed by atoms with van der Waals surface area (Å²) < 4.78 is 24.9. The first-order valence-electron chi connectivity index (χ1n) is 9.56. The summed E-state index contributed by atoms with van der Waals surface area (Å²) in [5.41, 5.74) is 0.0337. The van der Waals surface area contributed by atoms with Gasteiger partial charge in [-0.1, -0.05) is 0 Å². The van der Waals surface area contributed by atoms with E-state index >= 15 is 0 Å². The average Bonchev–Trinajstić information content (AvgIpc) is 3.19. The maximum Gasteiger partial charge on any atom is 0.220 e. The Kier molecular flexibility index (Phi) is 5.76. The maximum absolute atomic E-state index is 11.7. The summed E-state index contributed by atoms with van der Waals surface area (Å²) in [6.07, 6.45) is 4.87. The van der Waals surface area contributed by atoms with Crippen LogP contribution < -0.4 is 10.6 Å². The van der Waals surface area contributed by atoms with Gasteiger partial charge in [-0.2, -0.15) is 0 Å². The van der Waals surface area contributed by atoms with E-state index in [2.05, 4.69) is 22.5 Å². The Hall–Kier alpha value is -1.35. The Labute approximate surface area is 156 Å². The second-order valence-electron chi connectivity index (χ2n) is 7.95. The number of sulfonamides is 1. The van der Waals surface area contributed by atoms with Crippen LogP contribution >= 0.6 is 0 Å². The molecule has 0 aromatic carbocycles. The number of rotatable bonds is 4. The third-order valence-electron chi connectivity index (χ3n) is 5.71. The zero-order chi connectivity index (χ0) is 18.8. The lowest BCUT2D eigenvalue weighted by Crippen LogP contribution is -2.51. The molecule has 8 nitrogen and oxygen atoms in total. The van der Waals surface area contributed by atoms with Gasteiger partial charge >= 0.3 is 0 Å². The second-order valence-corrected chi connectivity index (χ2v) is 9.93. The Balaban J connectivity index is 1.63. The van der Waals surface area contributed by atoms with Crippen molar-refractivity contribution in [2.45, 2.75) is 32.6 Å². The van der Waals surface area contributed by atoms with Crippen LogP contribution in [0, 0.1) is 11.3 Å². The largest absolute Gasteiger partial charge is 0.357 e. The summed E-state index contributed by atoms with van der Waals surface area (Å²) in [6.45, 7) is 7.18. The first-order valence-corrected chi connectivity index (χ1v) is 11.4. The minimum Gasteiger partial charge on any atom is -0.357 e. The van der Waals surface area contributed by atoms with Crippen LogP contribution in [0.15, 0.2) is 4.99 Å². The van der Waals surface area contributed by atoms with Crippen LogP contribution in [0.5, 0.6) is 0 Å². The molecule has 0 bridgehead atoms. The van der Waals surface area contributed by atoms with Gasteiger partial charge in [0.15, 0.2) is 5.96 Å². The minimum atomic E-state index is -3.11. The Morgan fingerprint density at radius 2 is 2.23 bits per heavy atom. The molecule has 0 aromatic rings. The number of hydrogen-bond donors (Lipinski definition) is 2. The molecule has 3 saturated heterocycles. The summed E-state index contributed by atoms with van der Waals surface area (Å²) in [5, 5.41) is 6.35. The van der Waals surface area contributed by atoms with Crippen LogP contribution in [0.4, 0.5) is 0 Å². The van der Waals surface area contributed by atoms with E-state index in [-0.39, 0.29) is 17.2 Å². The second kappa shape index (κ2) is 7.72. The van der Waals surface area contributed by atoms with Crippen LogP contribution in [-0.2, 0) is 14.8 Å². The average molecular weight is 386 g/mol. The molecule has 3 heterocycles. The number of carbonyl (C=O) groups is 1. The van der Waals surface area contributed by atoms with Crippen molar-refractivity contribution in [2.24, 2.45) is 16.3 Å². The molecule has 2 N–H and O–H groups in total. The van der Waals surface area contributed by atoms with E-state index in [1.807, 2.05) is 0 Å². The number of guanidine groups is 1. The van der Waals surface area contributed by atoms with Crippen LogP contribution in [0.3, 0.4) is 0 Å². The fourth-order valence-corrected chi connectivity index (χ4v) is 5.24. The van der Waals surface area contributed by atoms with Gasteiger partial charge in [0.25, 0.3) is 0 Å². The molecule has 2 atom stereocenters. The van der Waals surface area contributed by atoms with E-state index < -0.39 is 10.0 Å². The molecule has 0 saturated carbocycles. The Morgan fingerprint density at radius 1 is 1.42 bits per heavy atom.